The highest BCUT2D eigenvalue weighted by Crippen LogP contribution is 2.12. The fourth-order valence-electron chi connectivity index (χ4n) is 1.68. The number of carbonyl (C=O) groups is 2. The van der Waals surface area contributed by atoms with E-state index in [0.717, 1.165) is 5.56 Å². The van der Waals surface area contributed by atoms with E-state index in [-0.39, 0.29) is 12.5 Å². The van der Waals surface area contributed by atoms with E-state index in [1.54, 1.807) is 24.3 Å². The molecule has 0 bridgehead atoms. The average molecular weight is 270 g/mol. The molecule has 4 N–H and O–H groups in total. The number of nitrogens with one attached hydrogen (secondary N) is 1. The van der Waals surface area contributed by atoms with Crippen LogP contribution in [0.2, 0.25) is 0 Å². The number of rotatable bonds is 4. The zero-order chi connectivity index (χ0) is 14.5. The van der Waals surface area contributed by atoms with E-state index in [9.17, 15) is 9.59 Å². The Morgan fingerprint density at radius 1 is 0.950 bits per heavy atom. The molecule has 0 saturated heterocycles. The Morgan fingerprint density at radius 2 is 1.50 bits per heavy atom. The lowest BCUT2D eigenvalue weighted by molar-refractivity contribution is 0.0995. The number of amides is 2. The van der Waals surface area contributed by atoms with Crippen LogP contribution in [0.15, 0.2) is 48.5 Å². The molecule has 0 atom stereocenters. The van der Waals surface area contributed by atoms with Crippen LogP contribution in [0.5, 0.6) is 0 Å². The lowest BCUT2D eigenvalue weighted by atomic mass is 10.1. The quantitative estimate of drug-likeness (QED) is 0.786. The van der Waals surface area contributed by atoms with Crippen molar-refractivity contribution in [1.82, 2.24) is 0 Å². The van der Waals surface area contributed by atoms with Crippen molar-refractivity contribution in [2.45, 2.75) is 6.61 Å². The molecule has 0 aliphatic carbocycles. The maximum absolute atomic E-state index is 12.0. The van der Waals surface area contributed by atoms with Crippen LogP contribution in [0.3, 0.4) is 0 Å². The topological polar surface area (TPSA) is 92.4 Å². The van der Waals surface area contributed by atoms with Gasteiger partial charge in [-0.25, -0.2) is 0 Å². The highest BCUT2D eigenvalue weighted by Gasteiger charge is 2.07. The number of benzene rings is 2. The van der Waals surface area contributed by atoms with Gasteiger partial charge in [-0.05, 0) is 42.0 Å². The van der Waals surface area contributed by atoms with Gasteiger partial charge in [-0.1, -0.05) is 12.1 Å². The Bertz CT molecular complexity index is 619. The summed E-state index contributed by atoms with van der Waals surface area (Å²) in [4.78, 5) is 22.9. The summed E-state index contributed by atoms with van der Waals surface area (Å²) in [5, 5.41) is 11.7. The van der Waals surface area contributed by atoms with Crippen molar-refractivity contribution in [3.05, 3.63) is 65.2 Å². The molecule has 0 saturated carbocycles. The van der Waals surface area contributed by atoms with Crippen molar-refractivity contribution >= 4 is 17.5 Å². The summed E-state index contributed by atoms with van der Waals surface area (Å²) in [6, 6.07) is 13.0. The van der Waals surface area contributed by atoms with Crippen LogP contribution in [0, 0.1) is 0 Å². The fourth-order valence-corrected chi connectivity index (χ4v) is 1.68. The summed E-state index contributed by atoms with van der Waals surface area (Å²) in [6.45, 7) is -0.0389. The van der Waals surface area contributed by atoms with Gasteiger partial charge >= 0.3 is 0 Å². The van der Waals surface area contributed by atoms with E-state index in [1.165, 1.54) is 24.3 Å². The third kappa shape index (κ3) is 3.21. The van der Waals surface area contributed by atoms with Crippen molar-refractivity contribution < 1.29 is 14.7 Å². The van der Waals surface area contributed by atoms with Crippen LogP contribution < -0.4 is 11.1 Å². The first-order valence-electron chi connectivity index (χ1n) is 6.01. The molecule has 2 rings (SSSR count). The van der Waals surface area contributed by atoms with E-state index in [2.05, 4.69) is 5.32 Å². The van der Waals surface area contributed by atoms with Gasteiger partial charge in [0.1, 0.15) is 0 Å². The van der Waals surface area contributed by atoms with E-state index in [0.29, 0.717) is 16.8 Å². The SMILES string of the molecule is NC(=O)c1ccc(C(=O)Nc2ccc(CO)cc2)cc1. The number of anilines is 1. The first kappa shape index (κ1) is 13.8. The molecule has 0 aromatic heterocycles. The lowest BCUT2D eigenvalue weighted by Gasteiger charge is -2.06. The van der Waals surface area contributed by atoms with E-state index in [4.69, 9.17) is 10.8 Å². The Kier molecular flexibility index (Phi) is 4.12. The highest BCUT2D eigenvalue weighted by atomic mass is 16.3. The average Bonchev–Trinajstić information content (AvgIpc) is 2.48. The molecule has 0 aliphatic heterocycles. The van der Waals surface area contributed by atoms with Crippen LogP contribution >= 0.6 is 0 Å². The van der Waals surface area contributed by atoms with Gasteiger partial charge in [0, 0.05) is 16.8 Å². The monoisotopic (exact) mass is 270 g/mol. The molecule has 5 heteroatoms. The van der Waals surface area contributed by atoms with Crippen LogP contribution in [-0.4, -0.2) is 16.9 Å². The molecule has 0 unspecified atom stereocenters. The number of primary amides is 1. The molecule has 2 aromatic carbocycles. The van der Waals surface area contributed by atoms with Crippen LogP contribution in [0.1, 0.15) is 26.3 Å². The summed E-state index contributed by atoms with van der Waals surface area (Å²) in [5.41, 5.74) is 7.32. The number of hydrogen-bond acceptors (Lipinski definition) is 3. The second-order valence-electron chi connectivity index (χ2n) is 4.25. The minimum Gasteiger partial charge on any atom is -0.392 e. The van der Waals surface area contributed by atoms with Crippen LogP contribution in [0.4, 0.5) is 5.69 Å². The molecule has 2 aromatic rings. The zero-order valence-electron chi connectivity index (χ0n) is 10.7. The third-order valence-corrected chi connectivity index (χ3v) is 2.83. The Labute approximate surface area is 116 Å². The lowest BCUT2D eigenvalue weighted by Crippen LogP contribution is -2.14. The molecule has 0 radical (unpaired) electrons. The summed E-state index contributed by atoms with van der Waals surface area (Å²) in [7, 11) is 0. The molecule has 2 amide bonds. The Hall–Kier alpha value is -2.66. The van der Waals surface area contributed by atoms with Crippen molar-refractivity contribution in [2.24, 2.45) is 5.73 Å². The first-order chi connectivity index (χ1) is 9.60. The second kappa shape index (κ2) is 5.99. The van der Waals surface area contributed by atoms with Gasteiger partial charge in [0.15, 0.2) is 0 Å². The molecular formula is C15H14N2O3. The van der Waals surface area contributed by atoms with Crippen molar-refractivity contribution in [1.29, 1.82) is 0 Å². The predicted molar refractivity (Wildman–Crippen MR) is 75.3 cm³/mol. The van der Waals surface area contributed by atoms with E-state index >= 15 is 0 Å². The molecule has 5 nitrogen and oxygen atoms in total. The summed E-state index contributed by atoms with van der Waals surface area (Å²) in [5.74, 6) is -0.811. The van der Waals surface area contributed by atoms with Gasteiger partial charge in [0.25, 0.3) is 5.91 Å². The van der Waals surface area contributed by atoms with Gasteiger partial charge in [-0.15, -0.1) is 0 Å². The van der Waals surface area contributed by atoms with Gasteiger partial charge in [-0.3, -0.25) is 9.59 Å². The highest BCUT2D eigenvalue weighted by molar-refractivity contribution is 6.05. The van der Waals surface area contributed by atoms with Gasteiger partial charge in [0.2, 0.25) is 5.91 Å². The molecule has 0 fully saturated rings. The van der Waals surface area contributed by atoms with Crippen molar-refractivity contribution in [3.63, 3.8) is 0 Å². The molecule has 0 spiro atoms. The molecular weight excluding hydrogens is 256 g/mol. The largest absolute Gasteiger partial charge is 0.392 e. The summed E-state index contributed by atoms with van der Waals surface area (Å²) < 4.78 is 0. The third-order valence-electron chi connectivity index (χ3n) is 2.83. The smallest absolute Gasteiger partial charge is 0.255 e. The second-order valence-corrected chi connectivity index (χ2v) is 4.25. The van der Waals surface area contributed by atoms with E-state index in [1.807, 2.05) is 0 Å². The minimum atomic E-state index is -0.531. The standard InChI is InChI=1S/C15H14N2O3/c16-14(19)11-3-5-12(6-4-11)15(20)17-13-7-1-10(9-18)2-8-13/h1-8,18H,9H2,(H2,16,19)(H,17,20). The van der Waals surface area contributed by atoms with Gasteiger partial charge in [-0.2, -0.15) is 0 Å². The minimum absolute atomic E-state index is 0.0389. The zero-order valence-corrected chi connectivity index (χ0v) is 10.7. The summed E-state index contributed by atoms with van der Waals surface area (Å²) >= 11 is 0. The fraction of sp³-hybridized carbons (Fsp3) is 0.0667. The normalized spacial score (nSPS) is 10.1. The predicted octanol–water partition coefficient (Wildman–Crippen LogP) is 1.53. The van der Waals surface area contributed by atoms with Gasteiger partial charge < -0.3 is 16.2 Å². The van der Waals surface area contributed by atoms with Crippen molar-refractivity contribution in [3.8, 4) is 0 Å². The molecule has 20 heavy (non-hydrogen) atoms. The van der Waals surface area contributed by atoms with Crippen LogP contribution in [-0.2, 0) is 6.61 Å². The van der Waals surface area contributed by atoms with Gasteiger partial charge in [0.05, 0.1) is 6.61 Å². The van der Waals surface area contributed by atoms with E-state index < -0.39 is 5.91 Å². The number of carbonyl (C=O) groups excluding carboxylic acids is 2. The number of aliphatic hydroxyl groups excluding tert-OH is 1. The number of nitrogens with two attached hydrogens (primary N) is 1. The molecule has 0 heterocycles. The number of aliphatic hydroxyl groups is 1. The first-order valence-corrected chi connectivity index (χ1v) is 6.01. The number of hydrogen-bond donors (Lipinski definition) is 3. The Balaban J connectivity index is 2.08. The summed E-state index contributed by atoms with van der Waals surface area (Å²) in [6.07, 6.45) is 0. The Morgan fingerprint density at radius 3 is 2.00 bits per heavy atom. The van der Waals surface area contributed by atoms with Crippen LogP contribution in [0.25, 0.3) is 0 Å². The van der Waals surface area contributed by atoms with Crippen molar-refractivity contribution in [2.75, 3.05) is 5.32 Å². The molecule has 0 aliphatic rings. The maximum atomic E-state index is 12.0. The maximum Gasteiger partial charge on any atom is 0.255 e. The molecule has 102 valence electrons.